The first-order valence-corrected chi connectivity index (χ1v) is 7.05. The third kappa shape index (κ3) is 5.87. The Hall–Kier alpha value is -1.36. The van der Waals surface area contributed by atoms with Crippen LogP contribution < -0.4 is 10.2 Å². The van der Waals surface area contributed by atoms with Gasteiger partial charge in [-0.25, -0.2) is 5.43 Å². The van der Waals surface area contributed by atoms with E-state index in [9.17, 15) is 4.79 Å². The van der Waals surface area contributed by atoms with Gasteiger partial charge in [0.1, 0.15) is 5.75 Å². The van der Waals surface area contributed by atoms with Crippen LogP contribution in [0.4, 0.5) is 0 Å². The van der Waals surface area contributed by atoms with E-state index in [2.05, 4.69) is 33.4 Å². The summed E-state index contributed by atoms with van der Waals surface area (Å²) in [5.74, 6) is 0.681. The molecular weight excluding hydrogens is 308 g/mol. The molecule has 1 rings (SSSR count). The van der Waals surface area contributed by atoms with Crippen molar-refractivity contribution >= 4 is 28.1 Å². The second-order valence-corrected chi connectivity index (χ2v) is 5.32. The lowest BCUT2D eigenvalue weighted by molar-refractivity contribution is -0.123. The zero-order valence-corrected chi connectivity index (χ0v) is 13.0. The monoisotopic (exact) mass is 326 g/mol. The molecule has 19 heavy (non-hydrogen) atoms. The van der Waals surface area contributed by atoms with Crippen molar-refractivity contribution in [3.05, 3.63) is 28.2 Å². The molecule has 0 saturated heterocycles. The summed E-state index contributed by atoms with van der Waals surface area (Å²) in [5, 5.41) is 3.82. The van der Waals surface area contributed by atoms with Gasteiger partial charge in [-0.3, -0.25) is 4.79 Å². The normalized spacial score (nSPS) is 11.0. The van der Waals surface area contributed by atoms with Gasteiger partial charge in [-0.1, -0.05) is 26.8 Å². The highest BCUT2D eigenvalue weighted by Gasteiger charge is 2.05. The van der Waals surface area contributed by atoms with Crippen molar-refractivity contribution in [3.8, 4) is 5.75 Å². The maximum Gasteiger partial charge on any atom is 0.277 e. The number of nitrogens with one attached hydrogen (secondary N) is 1. The lowest BCUT2D eigenvalue weighted by atomic mass is 10.2. The Balaban J connectivity index is 2.46. The summed E-state index contributed by atoms with van der Waals surface area (Å²) in [4.78, 5) is 11.5. The van der Waals surface area contributed by atoms with Crippen molar-refractivity contribution in [2.75, 3.05) is 6.61 Å². The molecule has 0 heterocycles. The van der Waals surface area contributed by atoms with E-state index < -0.39 is 0 Å². The Morgan fingerprint density at radius 1 is 1.53 bits per heavy atom. The molecule has 0 unspecified atom stereocenters. The maximum atomic E-state index is 11.5. The molecule has 104 valence electrons. The fourth-order valence-corrected chi connectivity index (χ4v) is 1.86. The SMILES string of the molecule is CCc1ccc(OCC(=O)N/N=C/C(C)C)c(Br)c1. The van der Waals surface area contributed by atoms with Crippen LogP contribution in [0.5, 0.6) is 5.75 Å². The van der Waals surface area contributed by atoms with Crippen molar-refractivity contribution in [1.29, 1.82) is 0 Å². The molecule has 0 fully saturated rings. The molecule has 0 aliphatic rings. The molecule has 0 aromatic heterocycles. The number of ether oxygens (including phenoxy) is 1. The number of carbonyl (C=O) groups excluding carboxylic acids is 1. The van der Waals surface area contributed by atoms with Gasteiger partial charge in [-0.2, -0.15) is 5.10 Å². The Morgan fingerprint density at radius 3 is 2.84 bits per heavy atom. The Morgan fingerprint density at radius 2 is 2.26 bits per heavy atom. The lowest BCUT2D eigenvalue weighted by Gasteiger charge is -2.08. The molecule has 0 spiro atoms. The number of hydrogen-bond acceptors (Lipinski definition) is 3. The Kier molecular flexibility index (Phi) is 6.56. The minimum atomic E-state index is -0.275. The number of hydrogen-bond donors (Lipinski definition) is 1. The summed E-state index contributed by atoms with van der Waals surface area (Å²) < 4.78 is 6.27. The highest BCUT2D eigenvalue weighted by molar-refractivity contribution is 9.10. The number of aryl methyl sites for hydroxylation is 1. The van der Waals surface area contributed by atoms with Gasteiger partial charge < -0.3 is 4.74 Å². The molecule has 1 aromatic carbocycles. The van der Waals surface area contributed by atoms with Gasteiger partial charge in [0.25, 0.3) is 5.91 Å². The largest absolute Gasteiger partial charge is 0.483 e. The molecule has 0 saturated carbocycles. The van der Waals surface area contributed by atoms with Crippen LogP contribution in [0.15, 0.2) is 27.8 Å². The first-order chi connectivity index (χ1) is 9.02. The number of nitrogens with zero attached hydrogens (tertiary/aromatic N) is 1. The van der Waals surface area contributed by atoms with Gasteiger partial charge in [-0.15, -0.1) is 0 Å². The van der Waals surface area contributed by atoms with E-state index in [0.717, 1.165) is 10.9 Å². The maximum absolute atomic E-state index is 11.5. The predicted octanol–water partition coefficient (Wildman–Crippen LogP) is 3.15. The summed E-state index contributed by atoms with van der Waals surface area (Å²) >= 11 is 3.42. The molecule has 0 aliphatic carbocycles. The minimum absolute atomic E-state index is 0.0560. The van der Waals surface area contributed by atoms with Crippen LogP contribution >= 0.6 is 15.9 Å². The van der Waals surface area contributed by atoms with Crippen molar-refractivity contribution in [2.45, 2.75) is 27.2 Å². The lowest BCUT2D eigenvalue weighted by Crippen LogP contribution is -2.24. The summed E-state index contributed by atoms with van der Waals surface area (Å²) in [7, 11) is 0. The summed E-state index contributed by atoms with van der Waals surface area (Å²) in [6.07, 6.45) is 2.63. The summed E-state index contributed by atoms with van der Waals surface area (Å²) in [5.41, 5.74) is 3.63. The Labute approximate surface area is 122 Å². The molecule has 0 radical (unpaired) electrons. The average molecular weight is 327 g/mol. The molecule has 1 N–H and O–H groups in total. The highest BCUT2D eigenvalue weighted by Crippen LogP contribution is 2.26. The quantitative estimate of drug-likeness (QED) is 0.645. The van der Waals surface area contributed by atoms with Crippen LogP contribution in [-0.2, 0) is 11.2 Å². The second-order valence-electron chi connectivity index (χ2n) is 4.46. The first kappa shape index (κ1) is 15.7. The first-order valence-electron chi connectivity index (χ1n) is 6.26. The van der Waals surface area contributed by atoms with Crippen LogP contribution in [0.25, 0.3) is 0 Å². The Bertz CT molecular complexity index is 459. The van der Waals surface area contributed by atoms with Crippen LogP contribution in [0.2, 0.25) is 0 Å². The highest BCUT2D eigenvalue weighted by atomic mass is 79.9. The molecule has 4 nitrogen and oxygen atoms in total. The van der Waals surface area contributed by atoms with E-state index in [4.69, 9.17) is 4.74 Å². The third-order valence-corrected chi connectivity index (χ3v) is 2.94. The van der Waals surface area contributed by atoms with Gasteiger partial charge in [0, 0.05) is 6.21 Å². The predicted molar refractivity (Wildman–Crippen MR) is 80.5 cm³/mol. The molecule has 5 heteroatoms. The zero-order chi connectivity index (χ0) is 14.3. The third-order valence-electron chi connectivity index (χ3n) is 2.33. The molecule has 0 atom stereocenters. The van der Waals surface area contributed by atoms with Crippen molar-refractivity contribution in [1.82, 2.24) is 5.43 Å². The number of benzene rings is 1. The topological polar surface area (TPSA) is 50.7 Å². The van der Waals surface area contributed by atoms with Gasteiger partial charge >= 0.3 is 0 Å². The van der Waals surface area contributed by atoms with E-state index in [1.807, 2.05) is 32.0 Å². The smallest absolute Gasteiger partial charge is 0.277 e. The van der Waals surface area contributed by atoms with E-state index in [1.165, 1.54) is 5.56 Å². The number of halogens is 1. The van der Waals surface area contributed by atoms with Crippen LogP contribution in [0.1, 0.15) is 26.3 Å². The molecule has 0 aliphatic heterocycles. The van der Waals surface area contributed by atoms with Crippen LogP contribution in [0, 0.1) is 5.92 Å². The van der Waals surface area contributed by atoms with Crippen LogP contribution in [0.3, 0.4) is 0 Å². The van der Waals surface area contributed by atoms with Crippen molar-refractivity contribution < 1.29 is 9.53 Å². The second kappa shape index (κ2) is 7.94. The van der Waals surface area contributed by atoms with Gasteiger partial charge in [-0.05, 0) is 46.0 Å². The van der Waals surface area contributed by atoms with E-state index >= 15 is 0 Å². The van der Waals surface area contributed by atoms with Gasteiger partial charge in [0.15, 0.2) is 6.61 Å². The standard InChI is InChI=1S/C14H19BrN2O2/c1-4-11-5-6-13(12(15)7-11)19-9-14(18)17-16-8-10(2)3/h5-8,10H,4,9H2,1-3H3,(H,17,18)/b16-8+. The molecule has 1 amide bonds. The zero-order valence-electron chi connectivity index (χ0n) is 11.4. The molecule has 0 bridgehead atoms. The fourth-order valence-electron chi connectivity index (χ4n) is 1.32. The number of rotatable bonds is 6. The average Bonchev–Trinajstić information content (AvgIpc) is 2.36. The summed E-state index contributed by atoms with van der Waals surface area (Å²) in [6, 6.07) is 5.83. The van der Waals surface area contributed by atoms with Gasteiger partial charge in [0.05, 0.1) is 4.47 Å². The fraction of sp³-hybridized carbons (Fsp3) is 0.429. The van der Waals surface area contributed by atoms with Crippen molar-refractivity contribution in [3.63, 3.8) is 0 Å². The summed E-state index contributed by atoms with van der Waals surface area (Å²) in [6.45, 7) is 6.00. The van der Waals surface area contributed by atoms with E-state index in [-0.39, 0.29) is 12.5 Å². The number of amides is 1. The number of carbonyl (C=O) groups is 1. The minimum Gasteiger partial charge on any atom is -0.483 e. The van der Waals surface area contributed by atoms with E-state index in [1.54, 1.807) is 6.21 Å². The van der Waals surface area contributed by atoms with E-state index in [0.29, 0.717) is 11.7 Å². The molecular formula is C14H19BrN2O2. The number of hydrazone groups is 1. The van der Waals surface area contributed by atoms with Crippen molar-refractivity contribution in [2.24, 2.45) is 11.0 Å². The van der Waals surface area contributed by atoms with Crippen LogP contribution in [-0.4, -0.2) is 18.7 Å². The molecule has 1 aromatic rings. The van der Waals surface area contributed by atoms with Gasteiger partial charge in [0.2, 0.25) is 0 Å².